The lowest BCUT2D eigenvalue weighted by Gasteiger charge is -2.18. The van der Waals surface area contributed by atoms with E-state index in [1.165, 1.54) is 6.26 Å². The van der Waals surface area contributed by atoms with Crippen molar-refractivity contribution in [1.29, 1.82) is 0 Å². The smallest absolute Gasteiger partial charge is 0.229 e. The maximum atomic E-state index is 12.7. The third kappa shape index (κ3) is 2.25. The van der Waals surface area contributed by atoms with Crippen LogP contribution in [-0.2, 0) is 0 Å². The largest absolute Gasteiger partial charge is 0.460 e. The fourth-order valence-corrected chi connectivity index (χ4v) is 2.69. The van der Waals surface area contributed by atoms with Crippen LogP contribution in [0.15, 0.2) is 52.7 Å². The molecule has 2 aromatic rings. The number of hydrogen-bond donors (Lipinski definition) is 0. The van der Waals surface area contributed by atoms with Crippen LogP contribution in [0.1, 0.15) is 52.7 Å². The highest BCUT2D eigenvalue weighted by molar-refractivity contribution is 6.39. The number of furan rings is 1. The molecule has 0 radical (unpaired) electrons. The topological polar surface area (TPSA) is 47.3 Å². The van der Waals surface area contributed by atoms with Crippen molar-refractivity contribution in [2.24, 2.45) is 0 Å². The van der Waals surface area contributed by atoms with Gasteiger partial charge in [0.15, 0.2) is 11.5 Å². The first-order chi connectivity index (χ1) is 10.2. The molecule has 3 rings (SSSR count). The summed E-state index contributed by atoms with van der Waals surface area (Å²) in [5, 5.41) is 0. The van der Waals surface area contributed by atoms with Crippen LogP contribution in [0.2, 0.25) is 0 Å². The van der Waals surface area contributed by atoms with Crippen LogP contribution in [0.5, 0.6) is 0 Å². The number of rotatable bonds is 4. The van der Waals surface area contributed by atoms with Gasteiger partial charge in [0, 0.05) is 11.1 Å². The average molecular weight is 280 g/mol. The molecule has 0 saturated carbocycles. The van der Waals surface area contributed by atoms with Gasteiger partial charge in [-0.15, -0.1) is 0 Å². The summed E-state index contributed by atoms with van der Waals surface area (Å²) < 4.78 is 5.24. The molecule has 0 amide bonds. The molecular formula is C18H16O3. The van der Waals surface area contributed by atoms with E-state index in [4.69, 9.17) is 4.42 Å². The van der Waals surface area contributed by atoms with E-state index in [1.807, 2.05) is 30.3 Å². The molecule has 1 aromatic heterocycles. The van der Waals surface area contributed by atoms with Crippen LogP contribution >= 0.6 is 0 Å². The molecule has 1 aliphatic rings. The minimum Gasteiger partial charge on any atom is -0.460 e. The SMILES string of the molecule is CCCCC1=C(c2ccccc2)C(=O)c2occc2C1=O. The Bertz CT molecular complexity index is 720. The van der Waals surface area contributed by atoms with Crippen molar-refractivity contribution < 1.29 is 14.0 Å². The Labute approximate surface area is 123 Å². The zero-order valence-corrected chi connectivity index (χ0v) is 11.9. The number of ketones is 2. The molecule has 0 N–H and O–H groups in total. The fourth-order valence-electron chi connectivity index (χ4n) is 2.69. The Balaban J connectivity index is 2.17. The lowest BCUT2D eigenvalue weighted by atomic mass is 9.83. The minimum atomic E-state index is -0.188. The first-order valence-electron chi connectivity index (χ1n) is 7.19. The van der Waals surface area contributed by atoms with E-state index in [0.717, 1.165) is 18.4 Å². The van der Waals surface area contributed by atoms with Gasteiger partial charge in [0.2, 0.25) is 5.78 Å². The summed E-state index contributed by atoms with van der Waals surface area (Å²) in [5.41, 5.74) is 2.29. The number of carbonyl (C=O) groups excluding carboxylic acids is 2. The molecule has 3 heteroatoms. The second-order valence-electron chi connectivity index (χ2n) is 5.14. The number of benzene rings is 1. The van der Waals surface area contributed by atoms with Crippen LogP contribution in [0, 0.1) is 0 Å². The molecule has 0 spiro atoms. The summed E-state index contributed by atoms with van der Waals surface area (Å²) in [4.78, 5) is 25.3. The van der Waals surface area contributed by atoms with Gasteiger partial charge in [0.25, 0.3) is 0 Å². The highest BCUT2D eigenvalue weighted by Crippen LogP contribution is 2.35. The van der Waals surface area contributed by atoms with Crippen molar-refractivity contribution in [2.75, 3.05) is 0 Å². The molecule has 0 fully saturated rings. The Hall–Kier alpha value is -2.42. The summed E-state index contributed by atoms with van der Waals surface area (Å²) >= 11 is 0. The molecule has 106 valence electrons. The number of carbonyl (C=O) groups is 2. The maximum absolute atomic E-state index is 12.7. The molecule has 0 saturated heterocycles. The van der Waals surface area contributed by atoms with Gasteiger partial charge >= 0.3 is 0 Å². The van der Waals surface area contributed by atoms with E-state index in [0.29, 0.717) is 23.1 Å². The number of allylic oxidation sites excluding steroid dienone is 2. The van der Waals surface area contributed by atoms with E-state index in [9.17, 15) is 9.59 Å². The van der Waals surface area contributed by atoms with Gasteiger partial charge in [0.05, 0.1) is 11.8 Å². The standard InChI is InChI=1S/C18H16O3/c1-2-3-9-13-15(12-7-5-4-6-8-12)17(20)18-14(16(13)19)10-11-21-18/h4-8,10-11H,2-3,9H2,1H3. The molecule has 21 heavy (non-hydrogen) atoms. The lowest BCUT2D eigenvalue weighted by molar-refractivity contribution is 0.0973. The Morgan fingerprint density at radius 2 is 1.76 bits per heavy atom. The van der Waals surface area contributed by atoms with E-state index in [2.05, 4.69) is 6.92 Å². The fraction of sp³-hybridized carbons (Fsp3) is 0.222. The second kappa shape index (κ2) is 5.52. The first kappa shape index (κ1) is 13.6. The van der Waals surface area contributed by atoms with Gasteiger partial charge in [0.1, 0.15) is 0 Å². The van der Waals surface area contributed by atoms with E-state index in [-0.39, 0.29) is 17.3 Å². The summed E-state index contributed by atoms with van der Waals surface area (Å²) in [6.45, 7) is 2.07. The molecule has 1 aromatic carbocycles. The summed E-state index contributed by atoms with van der Waals surface area (Å²) in [5.74, 6) is -0.100. The highest BCUT2D eigenvalue weighted by atomic mass is 16.3. The zero-order valence-electron chi connectivity index (χ0n) is 11.9. The molecule has 1 aliphatic carbocycles. The van der Waals surface area contributed by atoms with Crippen molar-refractivity contribution in [3.05, 3.63) is 65.1 Å². The second-order valence-corrected chi connectivity index (χ2v) is 5.14. The molecular weight excluding hydrogens is 264 g/mol. The third-order valence-electron chi connectivity index (χ3n) is 3.76. The van der Waals surface area contributed by atoms with Gasteiger partial charge in [-0.25, -0.2) is 0 Å². The van der Waals surface area contributed by atoms with Crippen LogP contribution < -0.4 is 0 Å². The van der Waals surface area contributed by atoms with E-state index < -0.39 is 0 Å². The third-order valence-corrected chi connectivity index (χ3v) is 3.76. The number of Topliss-reactive ketones (excluding diaryl/α,β-unsaturated/α-hetero) is 2. The van der Waals surface area contributed by atoms with Crippen LogP contribution in [0.4, 0.5) is 0 Å². The van der Waals surface area contributed by atoms with Gasteiger partial charge in [-0.3, -0.25) is 9.59 Å². The Kier molecular flexibility index (Phi) is 3.57. The number of hydrogen-bond acceptors (Lipinski definition) is 3. The van der Waals surface area contributed by atoms with Crippen LogP contribution in [0.25, 0.3) is 5.57 Å². The quantitative estimate of drug-likeness (QED) is 0.838. The van der Waals surface area contributed by atoms with Crippen molar-refractivity contribution >= 4 is 17.1 Å². The average Bonchev–Trinajstić information content (AvgIpc) is 3.00. The molecule has 0 bridgehead atoms. The van der Waals surface area contributed by atoms with E-state index in [1.54, 1.807) is 6.07 Å². The normalized spacial score (nSPS) is 14.5. The summed E-state index contributed by atoms with van der Waals surface area (Å²) in [6.07, 6.45) is 3.89. The maximum Gasteiger partial charge on any atom is 0.229 e. The van der Waals surface area contributed by atoms with Crippen molar-refractivity contribution in [1.82, 2.24) is 0 Å². The predicted octanol–water partition coefficient (Wildman–Crippen LogP) is 4.30. The lowest BCUT2D eigenvalue weighted by Crippen LogP contribution is -2.20. The molecule has 3 nitrogen and oxygen atoms in total. The number of unbranched alkanes of at least 4 members (excludes halogenated alkanes) is 1. The summed E-state index contributed by atoms with van der Waals surface area (Å²) in [6, 6.07) is 10.9. The van der Waals surface area contributed by atoms with E-state index >= 15 is 0 Å². The molecule has 1 heterocycles. The molecule has 0 aliphatic heterocycles. The monoisotopic (exact) mass is 280 g/mol. The zero-order chi connectivity index (χ0) is 14.8. The molecule has 0 atom stereocenters. The van der Waals surface area contributed by atoms with Crippen molar-refractivity contribution in [3.8, 4) is 0 Å². The predicted molar refractivity (Wildman–Crippen MR) is 80.3 cm³/mol. The van der Waals surface area contributed by atoms with Gasteiger partial charge in [-0.1, -0.05) is 43.7 Å². The molecule has 0 unspecified atom stereocenters. The van der Waals surface area contributed by atoms with Gasteiger partial charge < -0.3 is 4.42 Å². The van der Waals surface area contributed by atoms with Crippen LogP contribution in [-0.4, -0.2) is 11.6 Å². The van der Waals surface area contributed by atoms with Crippen molar-refractivity contribution in [3.63, 3.8) is 0 Å². The van der Waals surface area contributed by atoms with Crippen LogP contribution in [0.3, 0.4) is 0 Å². The minimum absolute atomic E-state index is 0.0781. The number of fused-ring (bicyclic) bond motifs is 1. The highest BCUT2D eigenvalue weighted by Gasteiger charge is 2.34. The van der Waals surface area contributed by atoms with Crippen molar-refractivity contribution in [2.45, 2.75) is 26.2 Å². The Morgan fingerprint density at radius 1 is 1.00 bits per heavy atom. The first-order valence-corrected chi connectivity index (χ1v) is 7.19. The Morgan fingerprint density at radius 3 is 2.48 bits per heavy atom. The van der Waals surface area contributed by atoms with Gasteiger partial charge in [-0.2, -0.15) is 0 Å². The summed E-state index contributed by atoms with van der Waals surface area (Å²) in [7, 11) is 0. The van der Waals surface area contributed by atoms with Gasteiger partial charge in [-0.05, 0) is 24.5 Å².